The van der Waals surface area contributed by atoms with E-state index in [9.17, 15) is 9.18 Å². The number of hydrogen-bond donors (Lipinski definition) is 1. The highest BCUT2D eigenvalue weighted by molar-refractivity contribution is 5.98. The van der Waals surface area contributed by atoms with Crippen molar-refractivity contribution in [3.63, 3.8) is 0 Å². The second-order valence-electron chi connectivity index (χ2n) is 7.76. The number of carbonyl (C=O) groups excluding carboxylic acids is 1. The number of primary amides is 1. The molecule has 4 rings (SSSR count). The lowest BCUT2D eigenvalue weighted by Gasteiger charge is -2.29. The fourth-order valence-electron chi connectivity index (χ4n) is 4.18. The number of likely N-dealkylation sites (N-methyl/N-ethyl adjacent to an activating group) is 1. The highest BCUT2D eigenvalue weighted by Crippen LogP contribution is 2.33. The third-order valence-corrected chi connectivity index (χ3v) is 5.86. The van der Waals surface area contributed by atoms with E-state index < -0.39 is 11.7 Å². The van der Waals surface area contributed by atoms with E-state index in [0.29, 0.717) is 5.56 Å². The maximum absolute atomic E-state index is 14.1. The minimum Gasteiger partial charge on any atom is -0.493 e. The number of hydrogen-bond acceptors (Lipinski definition) is 5. The number of nitrogens with zero attached hydrogens (tertiary/aromatic N) is 1. The standard InChI is InChI=1S/C25H27FN2O4/c1-3-28(17-13-20-19(25(27)29)10-11-21(26)23(20)32-15-17)12-5-4-7-16-14-31-24-18(16)8-6-9-22(24)30-2/h6,8-11,13-14H,3-5,7,12,15H2,1-2H3,(H2,27,29). The number of ether oxygens (including phenoxy) is 2. The van der Waals surface area contributed by atoms with Crippen molar-refractivity contribution in [2.24, 2.45) is 5.73 Å². The Kier molecular flexibility index (Phi) is 6.35. The number of fused-ring (bicyclic) bond motifs is 2. The highest BCUT2D eigenvalue weighted by Gasteiger charge is 2.23. The second kappa shape index (κ2) is 9.34. The van der Waals surface area contributed by atoms with E-state index in [4.69, 9.17) is 19.6 Å². The summed E-state index contributed by atoms with van der Waals surface area (Å²) in [6, 6.07) is 8.52. The zero-order valence-corrected chi connectivity index (χ0v) is 18.3. The molecule has 0 radical (unpaired) electrons. The number of carbonyl (C=O) groups is 1. The molecule has 2 aromatic carbocycles. The number of unbranched alkanes of at least 4 members (excludes halogenated alkanes) is 1. The second-order valence-corrected chi connectivity index (χ2v) is 7.76. The number of nitrogens with two attached hydrogens (primary N) is 1. The summed E-state index contributed by atoms with van der Waals surface area (Å²) in [5, 5.41) is 1.08. The molecule has 2 heterocycles. The van der Waals surface area contributed by atoms with E-state index in [2.05, 4.69) is 11.8 Å². The Balaban J connectivity index is 1.42. The van der Waals surface area contributed by atoms with Crippen LogP contribution in [-0.2, 0) is 6.42 Å². The van der Waals surface area contributed by atoms with E-state index in [0.717, 1.165) is 60.3 Å². The molecule has 6 nitrogen and oxygen atoms in total. The summed E-state index contributed by atoms with van der Waals surface area (Å²) in [7, 11) is 1.64. The van der Waals surface area contributed by atoms with Crippen LogP contribution in [0.1, 0.15) is 41.3 Å². The largest absolute Gasteiger partial charge is 0.493 e. The third-order valence-electron chi connectivity index (χ3n) is 5.86. The Labute approximate surface area is 186 Å². The van der Waals surface area contributed by atoms with Crippen LogP contribution in [0.25, 0.3) is 17.0 Å². The number of benzene rings is 2. The molecule has 7 heteroatoms. The molecule has 2 N–H and O–H groups in total. The first kappa shape index (κ1) is 21.7. The van der Waals surface area contributed by atoms with Crippen LogP contribution < -0.4 is 15.2 Å². The summed E-state index contributed by atoms with van der Waals surface area (Å²) in [5.74, 6) is -0.271. The van der Waals surface area contributed by atoms with Crippen molar-refractivity contribution in [2.75, 3.05) is 26.8 Å². The van der Waals surface area contributed by atoms with E-state index >= 15 is 0 Å². The maximum Gasteiger partial charge on any atom is 0.249 e. The van der Waals surface area contributed by atoms with Gasteiger partial charge in [0.05, 0.1) is 24.6 Å². The zero-order valence-electron chi connectivity index (χ0n) is 18.3. The molecule has 1 amide bonds. The molecule has 0 bridgehead atoms. The van der Waals surface area contributed by atoms with Gasteiger partial charge in [0.25, 0.3) is 0 Å². The van der Waals surface area contributed by atoms with Crippen LogP contribution in [0.3, 0.4) is 0 Å². The van der Waals surface area contributed by atoms with Crippen molar-refractivity contribution in [1.82, 2.24) is 4.90 Å². The maximum atomic E-state index is 14.1. The average molecular weight is 438 g/mol. The molecule has 0 saturated heterocycles. The van der Waals surface area contributed by atoms with Gasteiger partial charge in [0.1, 0.15) is 6.61 Å². The summed E-state index contributed by atoms with van der Waals surface area (Å²) in [5.41, 5.74) is 8.99. The average Bonchev–Trinajstić information content (AvgIpc) is 3.22. The minimum atomic E-state index is -0.602. The molecule has 0 saturated carbocycles. The van der Waals surface area contributed by atoms with Gasteiger partial charge < -0.3 is 24.5 Å². The van der Waals surface area contributed by atoms with Crippen molar-refractivity contribution < 1.29 is 23.1 Å². The van der Waals surface area contributed by atoms with Crippen molar-refractivity contribution in [2.45, 2.75) is 26.2 Å². The van der Waals surface area contributed by atoms with Gasteiger partial charge in [-0.1, -0.05) is 12.1 Å². The molecule has 32 heavy (non-hydrogen) atoms. The van der Waals surface area contributed by atoms with Crippen molar-refractivity contribution in [1.29, 1.82) is 0 Å². The first-order valence-electron chi connectivity index (χ1n) is 10.8. The molecule has 0 spiro atoms. The molecule has 1 aliphatic rings. The van der Waals surface area contributed by atoms with Crippen molar-refractivity contribution >= 4 is 23.0 Å². The van der Waals surface area contributed by atoms with Gasteiger partial charge in [-0.2, -0.15) is 0 Å². The topological polar surface area (TPSA) is 77.9 Å². The molecule has 0 fully saturated rings. The van der Waals surface area contributed by atoms with Gasteiger partial charge in [-0.25, -0.2) is 4.39 Å². The lowest BCUT2D eigenvalue weighted by Crippen LogP contribution is -2.29. The zero-order chi connectivity index (χ0) is 22.7. The third kappa shape index (κ3) is 4.15. The van der Waals surface area contributed by atoms with Crippen LogP contribution in [0, 0.1) is 5.82 Å². The van der Waals surface area contributed by atoms with Crippen LogP contribution >= 0.6 is 0 Å². The van der Waals surface area contributed by atoms with Gasteiger partial charge in [-0.05, 0) is 56.0 Å². The van der Waals surface area contributed by atoms with Crippen LogP contribution in [-0.4, -0.2) is 37.6 Å². The van der Waals surface area contributed by atoms with Crippen LogP contribution in [0.4, 0.5) is 4.39 Å². The van der Waals surface area contributed by atoms with Crippen LogP contribution in [0.2, 0.25) is 0 Å². The molecular weight excluding hydrogens is 411 g/mol. The van der Waals surface area contributed by atoms with Gasteiger partial charge in [0.2, 0.25) is 5.91 Å². The monoisotopic (exact) mass is 438 g/mol. The molecule has 0 atom stereocenters. The number of halogens is 1. The fraction of sp³-hybridized carbons (Fsp3) is 0.320. The summed E-state index contributed by atoms with van der Waals surface area (Å²) in [6.45, 7) is 3.91. The number of rotatable bonds is 9. The predicted octanol–water partition coefficient (Wildman–Crippen LogP) is 4.76. The number of amides is 1. The Morgan fingerprint density at radius 2 is 2.09 bits per heavy atom. The molecule has 0 aliphatic carbocycles. The first-order chi connectivity index (χ1) is 15.5. The number of methoxy groups -OCH3 is 1. The Morgan fingerprint density at radius 3 is 2.84 bits per heavy atom. The normalized spacial score (nSPS) is 12.8. The summed E-state index contributed by atoms with van der Waals surface area (Å²) in [4.78, 5) is 14.0. The molecular formula is C25H27FN2O4. The van der Waals surface area contributed by atoms with E-state index in [1.165, 1.54) is 12.1 Å². The first-order valence-corrected chi connectivity index (χ1v) is 10.8. The number of aryl methyl sites for hydroxylation is 1. The number of para-hydroxylation sites is 1. The fourth-order valence-corrected chi connectivity index (χ4v) is 4.18. The Morgan fingerprint density at radius 1 is 1.25 bits per heavy atom. The van der Waals surface area contributed by atoms with Gasteiger partial charge in [0, 0.05) is 24.0 Å². The molecule has 3 aromatic rings. The van der Waals surface area contributed by atoms with Crippen molar-refractivity contribution in [3.05, 3.63) is 64.8 Å². The van der Waals surface area contributed by atoms with Crippen LogP contribution in [0.5, 0.6) is 11.5 Å². The Bertz CT molecular complexity index is 1170. The lowest BCUT2D eigenvalue weighted by atomic mass is 10.0. The van der Waals surface area contributed by atoms with Gasteiger partial charge in [-0.3, -0.25) is 4.79 Å². The van der Waals surface area contributed by atoms with E-state index in [1.54, 1.807) is 13.4 Å². The summed E-state index contributed by atoms with van der Waals surface area (Å²) >= 11 is 0. The van der Waals surface area contributed by atoms with Gasteiger partial charge in [-0.15, -0.1) is 0 Å². The van der Waals surface area contributed by atoms with Gasteiger partial charge >= 0.3 is 0 Å². The highest BCUT2D eigenvalue weighted by atomic mass is 19.1. The smallest absolute Gasteiger partial charge is 0.249 e. The number of furan rings is 1. The molecule has 0 unspecified atom stereocenters. The Hall–Kier alpha value is -3.48. The van der Waals surface area contributed by atoms with Gasteiger partial charge in [0.15, 0.2) is 22.9 Å². The minimum absolute atomic E-state index is 0.0865. The van der Waals surface area contributed by atoms with E-state index in [-0.39, 0.29) is 17.9 Å². The quantitative estimate of drug-likeness (QED) is 0.488. The SMILES string of the molecule is CCN(CCCCc1coc2c(OC)cccc12)C1=Cc2c(C(N)=O)ccc(F)c2OC1. The summed E-state index contributed by atoms with van der Waals surface area (Å²) < 4.78 is 30.9. The lowest BCUT2D eigenvalue weighted by molar-refractivity contribution is 0.0999. The molecule has 1 aromatic heterocycles. The van der Waals surface area contributed by atoms with E-state index in [1.807, 2.05) is 24.3 Å². The van der Waals surface area contributed by atoms with Crippen LogP contribution in [0.15, 0.2) is 46.7 Å². The molecule has 168 valence electrons. The summed E-state index contributed by atoms with van der Waals surface area (Å²) in [6.07, 6.45) is 6.46. The predicted molar refractivity (Wildman–Crippen MR) is 121 cm³/mol. The van der Waals surface area contributed by atoms with Crippen molar-refractivity contribution in [3.8, 4) is 11.5 Å². The molecule has 1 aliphatic heterocycles.